The van der Waals surface area contributed by atoms with Crippen LogP contribution in [0.2, 0.25) is 0 Å². The molecule has 0 spiro atoms. The van der Waals surface area contributed by atoms with Gasteiger partial charge in [-0.3, -0.25) is 4.31 Å². The van der Waals surface area contributed by atoms with Gasteiger partial charge in [-0.05, 0) is 79.1 Å². The van der Waals surface area contributed by atoms with E-state index >= 15 is 0 Å². The molecule has 0 saturated carbocycles. The molecule has 1 aliphatic heterocycles. The first-order chi connectivity index (χ1) is 14.2. The molecule has 0 radical (unpaired) electrons. The van der Waals surface area contributed by atoms with Crippen molar-refractivity contribution in [3.63, 3.8) is 0 Å². The van der Waals surface area contributed by atoms with Gasteiger partial charge < -0.3 is 4.74 Å². The Morgan fingerprint density at radius 2 is 1.57 bits per heavy atom. The highest BCUT2D eigenvalue weighted by Crippen LogP contribution is 2.39. The van der Waals surface area contributed by atoms with Crippen LogP contribution in [0.5, 0.6) is 5.75 Å². The Kier molecular flexibility index (Phi) is 5.32. The van der Waals surface area contributed by atoms with Crippen molar-refractivity contribution in [2.75, 3.05) is 32.1 Å². The van der Waals surface area contributed by atoms with Crippen LogP contribution in [0.25, 0.3) is 0 Å². The van der Waals surface area contributed by atoms with E-state index in [-0.39, 0.29) is 16.3 Å². The number of anilines is 1. The van der Waals surface area contributed by atoms with Crippen molar-refractivity contribution < 1.29 is 21.6 Å². The minimum atomic E-state index is -3.84. The molecule has 7 nitrogen and oxygen atoms in total. The topological polar surface area (TPSA) is 84.0 Å². The van der Waals surface area contributed by atoms with E-state index < -0.39 is 20.0 Å². The lowest BCUT2D eigenvalue weighted by Crippen LogP contribution is -2.29. The molecule has 2 aromatic rings. The van der Waals surface area contributed by atoms with Gasteiger partial charge in [-0.2, -0.15) is 0 Å². The molecule has 2 aliphatic rings. The number of ether oxygens (including phenoxy) is 1. The Hall–Kier alpha value is -2.10. The Balaban J connectivity index is 1.77. The standard InChI is InChI=1S/C21H26N2O5S2/c1-22(2)29(24,25)18-8-9-19-17(12-18)10-11-23(19)30(26,27)21-14-16-7-5-4-6-15(16)13-20(21)28-3/h8-9,12-14H,4-7,10-11H2,1-3H3. The highest BCUT2D eigenvalue weighted by atomic mass is 32.2. The van der Waals surface area contributed by atoms with Gasteiger partial charge in [0.2, 0.25) is 10.0 Å². The Morgan fingerprint density at radius 1 is 0.900 bits per heavy atom. The second-order valence-electron chi connectivity index (χ2n) is 7.88. The third-order valence-corrected chi connectivity index (χ3v) is 9.52. The molecule has 0 atom stereocenters. The minimum absolute atomic E-state index is 0.164. The number of nitrogens with zero attached hydrogens (tertiary/aromatic N) is 2. The first-order valence-electron chi connectivity index (χ1n) is 9.94. The molecule has 0 amide bonds. The summed E-state index contributed by atoms with van der Waals surface area (Å²) in [6.45, 7) is 0.267. The molecule has 0 N–H and O–H groups in total. The van der Waals surface area contributed by atoms with Crippen molar-refractivity contribution in [1.29, 1.82) is 0 Å². The Morgan fingerprint density at radius 3 is 2.20 bits per heavy atom. The highest BCUT2D eigenvalue weighted by Gasteiger charge is 2.34. The first-order valence-corrected chi connectivity index (χ1v) is 12.8. The second kappa shape index (κ2) is 7.55. The lowest BCUT2D eigenvalue weighted by Gasteiger charge is -2.24. The molecular weight excluding hydrogens is 424 g/mol. The predicted octanol–water partition coefficient (Wildman–Crippen LogP) is 2.58. The number of methoxy groups -OCH3 is 1. The molecule has 0 fully saturated rings. The molecule has 0 bridgehead atoms. The fourth-order valence-electron chi connectivity index (χ4n) is 4.19. The van der Waals surface area contributed by atoms with Crippen molar-refractivity contribution in [3.05, 3.63) is 47.0 Å². The zero-order chi connectivity index (χ0) is 21.7. The molecule has 1 aliphatic carbocycles. The lowest BCUT2D eigenvalue weighted by atomic mass is 9.92. The van der Waals surface area contributed by atoms with Gasteiger partial charge in [-0.1, -0.05) is 0 Å². The van der Waals surface area contributed by atoms with Crippen LogP contribution in [0.3, 0.4) is 0 Å². The monoisotopic (exact) mass is 450 g/mol. The largest absolute Gasteiger partial charge is 0.495 e. The normalized spacial score (nSPS) is 16.5. The SMILES string of the molecule is COc1cc2c(cc1S(=O)(=O)N1CCc3cc(S(=O)(=O)N(C)C)ccc31)CCCC2. The molecule has 1 heterocycles. The Bertz CT molecular complexity index is 1200. The maximum absolute atomic E-state index is 13.6. The summed E-state index contributed by atoms with van der Waals surface area (Å²) in [7, 11) is -2.99. The molecule has 0 saturated heterocycles. The van der Waals surface area contributed by atoms with Crippen molar-refractivity contribution in [2.24, 2.45) is 0 Å². The second-order valence-corrected chi connectivity index (χ2v) is 11.9. The number of sulfonamides is 2. The van der Waals surface area contributed by atoms with E-state index in [1.54, 1.807) is 18.2 Å². The van der Waals surface area contributed by atoms with E-state index in [0.717, 1.165) is 41.1 Å². The van der Waals surface area contributed by atoms with Crippen LogP contribution in [0.1, 0.15) is 29.5 Å². The van der Waals surface area contributed by atoms with Crippen LogP contribution < -0.4 is 9.04 Å². The van der Waals surface area contributed by atoms with Gasteiger partial charge in [0.05, 0.1) is 17.7 Å². The van der Waals surface area contributed by atoms with Crippen molar-refractivity contribution in [1.82, 2.24) is 4.31 Å². The molecule has 0 aromatic heterocycles. The average molecular weight is 451 g/mol. The van der Waals surface area contributed by atoms with Crippen molar-refractivity contribution in [2.45, 2.75) is 41.9 Å². The Labute approximate surface area is 178 Å². The third-order valence-electron chi connectivity index (χ3n) is 5.88. The van der Waals surface area contributed by atoms with Crippen LogP contribution in [0.4, 0.5) is 5.69 Å². The van der Waals surface area contributed by atoms with Gasteiger partial charge in [0.25, 0.3) is 10.0 Å². The molecule has 30 heavy (non-hydrogen) atoms. The van der Waals surface area contributed by atoms with Crippen LogP contribution >= 0.6 is 0 Å². The van der Waals surface area contributed by atoms with Gasteiger partial charge >= 0.3 is 0 Å². The number of rotatable bonds is 5. The summed E-state index contributed by atoms with van der Waals surface area (Å²) >= 11 is 0. The summed E-state index contributed by atoms with van der Waals surface area (Å²) < 4.78 is 60.0. The predicted molar refractivity (Wildman–Crippen MR) is 115 cm³/mol. The van der Waals surface area contributed by atoms with Gasteiger partial charge in [-0.15, -0.1) is 0 Å². The van der Waals surface area contributed by atoms with E-state index in [0.29, 0.717) is 23.4 Å². The lowest BCUT2D eigenvalue weighted by molar-refractivity contribution is 0.401. The van der Waals surface area contributed by atoms with Crippen molar-refractivity contribution >= 4 is 25.7 Å². The smallest absolute Gasteiger partial charge is 0.268 e. The van der Waals surface area contributed by atoms with Crippen LogP contribution in [0.15, 0.2) is 40.1 Å². The fourth-order valence-corrected chi connectivity index (χ4v) is 6.84. The summed E-state index contributed by atoms with van der Waals surface area (Å²) in [5.41, 5.74) is 3.44. The number of hydrogen-bond donors (Lipinski definition) is 0. The summed E-state index contributed by atoms with van der Waals surface area (Å²) in [4.78, 5) is 0.334. The third kappa shape index (κ3) is 3.38. The molecular formula is C21H26N2O5S2. The molecule has 0 unspecified atom stereocenters. The number of aryl methyl sites for hydroxylation is 2. The number of benzene rings is 2. The molecule has 4 rings (SSSR count). The van der Waals surface area contributed by atoms with Gasteiger partial charge in [0.15, 0.2) is 0 Å². The molecule has 2 aromatic carbocycles. The number of fused-ring (bicyclic) bond motifs is 2. The summed E-state index contributed by atoms with van der Waals surface area (Å²) in [5.74, 6) is 0.357. The van der Waals surface area contributed by atoms with Crippen LogP contribution in [0, 0.1) is 0 Å². The average Bonchev–Trinajstić information content (AvgIpc) is 3.16. The zero-order valence-electron chi connectivity index (χ0n) is 17.4. The maximum Gasteiger partial charge on any atom is 0.268 e. The summed E-state index contributed by atoms with van der Waals surface area (Å²) in [5, 5.41) is 0. The van der Waals surface area contributed by atoms with E-state index in [9.17, 15) is 16.8 Å². The quantitative estimate of drug-likeness (QED) is 0.699. The van der Waals surface area contributed by atoms with E-state index in [4.69, 9.17) is 4.74 Å². The van der Waals surface area contributed by atoms with E-state index in [2.05, 4.69) is 0 Å². The van der Waals surface area contributed by atoms with Crippen LogP contribution in [-0.4, -0.2) is 48.9 Å². The molecule has 162 valence electrons. The van der Waals surface area contributed by atoms with Gasteiger partial charge in [0.1, 0.15) is 10.6 Å². The first kappa shape index (κ1) is 21.1. The fraction of sp³-hybridized carbons (Fsp3) is 0.429. The summed E-state index contributed by atoms with van der Waals surface area (Å²) in [6, 6.07) is 8.23. The molecule has 9 heteroatoms. The summed E-state index contributed by atoms with van der Waals surface area (Å²) in [6.07, 6.45) is 4.40. The minimum Gasteiger partial charge on any atom is -0.495 e. The zero-order valence-corrected chi connectivity index (χ0v) is 19.0. The van der Waals surface area contributed by atoms with Crippen molar-refractivity contribution in [3.8, 4) is 5.75 Å². The number of hydrogen-bond acceptors (Lipinski definition) is 5. The van der Waals surface area contributed by atoms with E-state index in [1.165, 1.54) is 31.6 Å². The maximum atomic E-state index is 13.6. The van der Waals surface area contributed by atoms with E-state index in [1.807, 2.05) is 6.07 Å². The van der Waals surface area contributed by atoms with Crippen LogP contribution in [-0.2, 0) is 39.3 Å². The van der Waals surface area contributed by atoms with Gasteiger partial charge in [-0.25, -0.2) is 21.1 Å². The van der Waals surface area contributed by atoms with Gasteiger partial charge in [0, 0.05) is 20.6 Å². The highest BCUT2D eigenvalue weighted by molar-refractivity contribution is 7.93.